The van der Waals surface area contributed by atoms with Crippen LogP contribution in [0.2, 0.25) is 0 Å². The van der Waals surface area contributed by atoms with E-state index in [4.69, 9.17) is 10.3 Å². The van der Waals surface area contributed by atoms with Gasteiger partial charge in [0.2, 0.25) is 0 Å². The summed E-state index contributed by atoms with van der Waals surface area (Å²) in [6, 6.07) is 3.83. The number of hydrogen-bond acceptors (Lipinski definition) is 3. The summed E-state index contributed by atoms with van der Waals surface area (Å²) in [6.45, 7) is 5.97. The summed E-state index contributed by atoms with van der Waals surface area (Å²) in [5.74, 6) is 7.16. The fourth-order valence-corrected chi connectivity index (χ4v) is 1.17. The number of furan rings is 1. The Balaban J connectivity index is 2.84. The molecule has 0 fully saturated rings. The van der Waals surface area contributed by atoms with Crippen LogP contribution in [0.1, 0.15) is 31.4 Å². The van der Waals surface area contributed by atoms with E-state index in [-0.39, 0.29) is 6.04 Å². The summed E-state index contributed by atoms with van der Waals surface area (Å²) in [6.07, 6.45) is 2.03. The average molecular weight is 180 g/mol. The second-order valence-electron chi connectivity index (χ2n) is 3.34. The van der Waals surface area contributed by atoms with E-state index in [1.807, 2.05) is 39.0 Å². The maximum absolute atomic E-state index is 5.45. The lowest BCUT2D eigenvalue weighted by Gasteiger charge is -2.08. The lowest BCUT2D eigenvalue weighted by molar-refractivity contribution is 0.439. The molecule has 1 aromatic heterocycles. The number of hydrazine groups is 1. The Kier molecular flexibility index (Phi) is 3.28. The van der Waals surface area contributed by atoms with Crippen LogP contribution in [0.15, 0.2) is 28.2 Å². The van der Waals surface area contributed by atoms with Crippen molar-refractivity contribution in [2.45, 2.75) is 26.8 Å². The Bertz CT molecular complexity index is 298. The van der Waals surface area contributed by atoms with Crippen LogP contribution in [0.25, 0.3) is 0 Å². The Hall–Kier alpha value is -1.06. The fraction of sp³-hybridized carbons (Fsp3) is 0.400. The molecular formula is C10H16N2O. The zero-order valence-electron chi connectivity index (χ0n) is 8.29. The molecule has 0 amide bonds. The van der Waals surface area contributed by atoms with E-state index in [1.165, 1.54) is 5.57 Å². The summed E-state index contributed by atoms with van der Waals surface area (Å²) in [7, 11) is 0. The molecule has 0 saturated carbocycles. The summed E-state index contributed by atoms with van der Waals surface area (Å²) in [5.41, 5.74) is 3.90. The number of hydrogen-bond donors (Lipinski definition) is 2. The van der Waals surface area contributed by atoms with Gasteiger partial charge in [-0.25, -0.2) is 5.43 Å². The fourth-order valence-electron chi connectivity index (χ4n) is 1.17. The Labute approximate surface area is 78.6 Å². The first-order valence-corrected chi connectivity index (χ1v) is 4.31. The zero-order chi connectivity index (χ0) is 9.84. The normalized spacial score (nSPS) is 12.6. The van der Waals surface area contributed by atoms with Gasteiger partial charge in [-0.1, -0.05) is 11.6 Å². The highest BCUT2D eigenvalue weighted by atomic mass is 16.3. The number of aryl methyl sites for hydroxylation is 1. The highest BCUT2D eigenvalue weighted by Crippen LogP contribution is 2.17. The van der Waals surface area contributed by atoms with Gasteiger partial charge in [0.15, 0.2) is 0 Å². The van der Waals surface area contributed by atoms with Gasteiger partial charge >= 0.3 is 0 Å². The van der Waals surface area contributed by atoms with Crippen LogP contribution < -0.4 is 11.3 Å². The van der Waals surface area contributed by atoms with Crippen molar-refractivity contribution in [3.63, 3.8) is 0 Å². The second kappa shape index (κ2) is 4.25. The molecule has 72 valence electrons. The lowest BCUT2D eigenvalue weighted by Crippen LogP contribution is -2.26. The molecule has 1 heterocycles. The average Bonchev–Trinajstić information content (AvgIpc) is 2.47. The first kappa shape index (κ1) is 10.0. The van der Waals surface area contributed by atoms with Crippen molar-refractivity contribution in [3.8, 4) is 0 Å². The number of rotatable bonds is 3. The number of nitrogens with two attached hydrogens (primary N) is 1. The van der Waals surface area contributed by atoms with E-state index in [9.17, 15) is 0 Å². The van der Waals surface area contributed by atoms with Gasteiger partial charge in [0.1, 0.15) is 11.5 Å². The van der Waals surface area contributed by atoms with E-state index >= 15 is 0 Å². The van der Waals surface area contributed by atoms with Crippen molar-refractivity contribution in [2.24, 2.45) is 5.84 Å². The van der Waals surface area contributed by atoms with Crippen LogP contribution in [-0.2, 0) is 0 Å². The minimum Gasteiger partial charge on any atom is -0.464 e. The maximum Gasteiger partial charge on any atom is 0.126 e. The lowest BCUT2D eigenvalue weighted by atomic mass is 10.1. The van der Waals surface area contributed by atoms with E-state index in [2.05, 4.69) is 5.43 Å². The highest BCUT2D eigenvalue weighted by molar-refractivity contribution is 5.16. The molecule has 0 aliphatic heterocycles. The monoisotopic (exact) mass is 180 g/mol. The number of nitrogens with one attached hydrogen (secondary N) is 1. The van der Waals surface area contributed by atoms with Crippen molar-refractivity contribution in [2.75, 3.05) is 0 Å². The molecule has 13 heavy (non-hydrogen) atoms. The molecule has 0 saturated heterocycles. The van der Waals surface area contributed by atoms with Gasteiger partial charge in [0.25, 0.3) is 0 Å². The standard InChI is InChI=1S/C10H16N2O/c1-7(2)6-9(12-11)10-5-4-8(3)13-10/h4-6,9,12H,11H2,1-3H3. The predicted molar refractivity (Wildman–Crippen MR) is 52.9 cm³/mol. The third kappa shape index (κ3) is 2.72. The highest BCUT2D eigenvalue weighted by Gasteiger charge is 2.09. The van der Waals surface area contributed by atoms with Gasteiger partial charge in [0, 0.05) is 0 Å². The van der Waals surface area contributed by atoms with Gasteiger partial charge < -0.3 is 4.42 Å². The molecule has 0 aromatic carbocycles. The van der Waals surface area contributed by atoms with Crippen LogP contribution in [0.4, 0.5) is 0 Å². The van der Waals surface area contributed by atoms with Crippen LogP contribution in [0.3, 0.4) is 0 Å². The number of allylic oxidation sites excluding steroid dienone is 1. The van der Waals surface area contributed by atoms with E-state index in [1.54, 1.807) is 0 Å². The topological polar surface area (TPSA) is 51.2 Å². The van der Waals surface area contributed by atoms with Crippen molar-refractivity contribution in [1.82, 2.24) is 5.43 Å². The van der Waals surface area contributed by atoms with E-state index in [0.717, 1.165) is 11.5 Å². The van der Waals surface area contributed by atoms with Crippen LogP contribution in [0.5, 0.6) is 0 Å². The summed E-state index contributed by atoms with van der Waals surface area (Å²) in [5, 5.41) is 0. The predicted octanol–water partition coefficient (Wildman–Crippen LogP) is 2.06. The molecule has 0 radical (unpaired) electrons. The Morgan fingerprint density at radius 1 is 1.54 bits per heavy atom. The van der Waals surface area contributed by atoms with Gasteiger partial charge in [0.05, 0.1) is 6.04 Å². The van der Waals surface area contributed by atoms with Gasteiger partial charge in [-0.05, 0) is 32.9 Å². The summed E-state index contributed by atoms with van der Waals surface area (Å²) in [4.78, 5) is 0. The van der Waals surface area contributed by atoms with Gasteiger partial charge in [-0.3, -0.25) is 5.84 Å². The quantitative estimate of drug-likeness (QED) is 0.425. The molecule has 0 bridgehead atoms. The van der Waals surface area contributed by atoms with Crippen molar-refractivity contribution in [1.29, 1.82) is 0 Å². The summed E-state index contributed by atoms with van der Waals surface area (Å²) >= 11 is 0. The summed E-state index contributed by atoms with van der Waals surface area (Å²) < 4.78 is 5.45. The third-order valence-corrected chi connectivity index (χ3v) is 1.75. The third-order valence-electron chi connectivity index (χ3n) is 1.75. The first-order chi connectivity index (χ1) is 6.13. The molecule has 1 rings (SSSR count). The smallest absolute Gasteiger partial charge is 0.126 e. The molecule has 1 atom stereocenters. The van der Waals surface area contributed by atoms with Crippen LogP contribution >= 0.6 is 0 Å². The Morgan fingerprint density at radius 2 is 2.23 bits per heavy atom. The van der Waals surface area contributed by atoms with Crippen molar-refractivity contribution in [3.05, 3.63) is 35.3 Å². The van der Waals surface area contributed by atoms with Gasteiger partial charge in [-0.15, -0.1) is 0 Å². The van der Waals surface area contributed by atoms with E-state index < -0.39 is 0 Å². The molecule has 3 nitrogen and oxygen atoms in total. The molecule has 1 unspecified atom stereocenters. The van der Waals surface area contributed by atoms with Crippen LogP contribution in [0, 0.1) is 6.92 Å². The largest absolute Gasteiger partial charge is 0.464 e. The molecule has 1 aromatic rings. The molecule has 0 aliphatic carbocycles. The Morgan fingerprint density at radius 3 is 2.62 bits per heavy atom. The van der Waals surface area contributed by atoms with Gasteiger partial charge in [-0.2, -0.15) is 0 Å². The first-order valence-electron chi connectivity index (χ1n) is 4.31. The molecule has 0 aliphatic rings. The molecule has 3 heteroatoms. The SMILES string of the molecule is CC(C)=CC(NN)c1ccc(C)o1. The molecular weight excluding hydrogens is 164 g/mol. The van der Waals surface area contributed by atoms with Crippen molar-refractivity contribution >= 4 is 0 Å². The van der Waals surface area contributed by atoms with Crippen molar-refractivity contribution < 1.29 is 4.42 Å². The van der Waals surface area contributed by atoms with E-state index in [0.29, 0.717) is 0 Å². The minimum atomic E-state index is -0.0290. The van der Waals surface area contributed by atoms with Crippen LogP contribution in [-0.4, -0.2) is 0 Å². The minimum absolute atomic E-state index is 0.0290. The second-order valence-corrected chi connectivity index (χ2v) is 3.34. The molecule has 3 N–H and O–H groups in total. The zero-order valence-corrected chi connectivity index (χ0v) is 8.29. The maximum atomic E-state index is 5.45. The molecule has 0 spiro atoms.